The largest absolute Gasteiger partial charge is 0.378 e. The zero-order chi connectivity index (χ0) is 17.2. The third-order valence-electron chi connectivity index (χ3n) is 4.26. The fraction of sp³-hybridized carbons (Fsp3) is 0.333. The van der Waals surface area contributed by atoms with Gasteiger partial charge in [-0.25, -0.2) is 8.42 Å². The number of rotatable bonds is 4. The molecule has 1 N–H and O–H groups in total. The van der Waals surface area contributed by atoms with Crippen molar-refractivity contribution in [2.45, 2.75) is 18.7 Å². The van der Waals surface area contributed by atoms with E-state index in [0.717, 1.165) is 29.9 Å². The Bertz CT molecular complexity index is 828. The Morgan fingerprint density at radius 2 is 1.75 bits per heavy atom. The van der Waals surface area contributed by atoms with Crippen molar-refractivity contribution in [3.63, 3.8) is 0 Å². The first-order chi connectivity index (χ1) is 11.5. The third-order valence-corrected chi connectivity index (χ3v) is 5.64. The van der Waals surface area contributed by atoms with Crippen LogP contribution in [-0.4, -0.2) is 34.7 Å². The van der Waals surface area contributed by atoms with Gasteiger partial charge in [0.25, 0.3) is 10.0 Å². The van der Waals surface area contributed by atoms with Gasteiger partial charge < -0.3 is 9.64 Å². The van der Waals surface area contributed by atoms with E-state index in [2.05, 4.69) is 9.62 Å². The molecule has 0 spiro atoms. The van der Waals surface area contributed by atoms with Crippen molar-refractivity contribution in [3.8, 4) is 0 Å². The predicted octanol–water partition coefficient (Wildman–Crippen LogP) is 2.94. The van der Waals surface area contributed by atoms with Gasteiger partial charge >= 0.3 is 0 Å². The lowest BCUT2D eigenvalue weighted by atomic mass is 10.1. The molecule has 0 unspecified atom stereocenters. The van der Waals surface area contributed by atoms with E-state index in [-0.39, 0.29) is 4.90 Å². The molecule has 1 fully saturated rings. The molecule has 0 aliphatic carbocycles. The summed E-state index contributed by atoms with van der Waals surface area (Å²) in [6, 6.07) is 12.6. The zero-order valence-corrected chi connectivity index (χ0v) is 14.8. The highest BCUT2D eigenvalue weighted by Crippen LogP contribution is 2.23. The molecular weight excluding hydrogens is 324 g/mol. The lowest BCUT2D eigenvalue weighted by molar-refractivity contribution is 0.122. The first-order valence-corrected chi connectivity index (χ1v) is 9.47. The molecule has 5 nitrogen and oxygen atoms in total. The van der Waals surface area contributed by atoms with Gasteiger partial charge in [-0.2, -0.15) is 0 Å². The van der Waals surface area contributed by atoms with Crippen LogP contribution in [0.15, 0.2) is 47.4 Å². The Hall–Kier alpha value is -2.05. The molecule has 0 saturated carbocycles. The first kappa shape index (κ1) is 16.8. The summed E-state index contributed by atoms with van der Waals surface area (Å²) in [7, 11) is -3.59. The van der Waals surface area contributed by atoms with Crippen LogP contribution >= 0.6 is 0 Å². The molecule has 2 aromatic rings. The Kier molecular flexibility index (Phi) is 4.78. The van der Waals surface area contributed by atoms with Gasteiger partial charge in [-0.15, -0.1) is 0 Å². The maximum absolute atomic E-state index is 12.6. The summed E-state index contributed by atoms with van der Waals surface area (Å²) in [5.41, 5.74) is 3.60. The van der Waals surface area contributed by atoms with Gasteiger partial charge in [0.1, 0.15) is 0 Å². The molecule has 0 radical (unpaired) electrons. The fourth-order valence-corrected chi connectivity index (χ4v) is 3.82. The number of nitrogens with one attached hydrogen (secondary N) is 1. The molecule has 0 atom stereocenters. The van der Waals surface area contributed by atoms with Gasteiger partial charge in [-0.1, -0.05) is 12.1 Å². The lowest BCUT2D eigenvalue weighted by Gasteiger charge is -2.29. The van der Waals surface area contributed by atoms with Crippen LogP contribution < -0.4 is 9.62 Å². The second-order valence-corrected chi connectivity index (χ2v) is 7.68. The molecule has 2 aromatic carbocycles. The minimum absolute atomic E-state index is 0.280. The van der Waals surface area contributed by atoms with Crippen molar-refractivity contribution in [1.82, 2.24) is 0 Å². The smallest absolute Gasteiger partial charge is 0.261 e. The summed E-state index contributed by atoms with van der Waals surface area (Å²) in [6.45, 7) is 6.89. The second kappa shape index (κ2) is 6.83. The molecule has 3 rings (SSSR count). The van der Waals surface area contributed by atoms with Crippen molar-refractivity contribution in [2.24, 2.45) is 0 Å². The topological polar surface area (TPSA) is 58.6 Å². The number of hydrogen-bond acceptors (Lipinski definition) is 4. The molecule has 128 valence electrons. The van der Waals surface area contributed by atoms with Crippen LogP contribution in [0.25, 0.3) is 0 Å². The SMILES string of the molecule is Cc1ccc(S(=O)(=O)Nc2cccc(N3CCOCC3)c2)cc1C. The number of morpholine rings is 1. The van der Waals surface area contributed by atoms with E-state index in [0.29, 0.717) is 18.9 Å². The molecule has 24 heavy (non-hydrogen) atoms. The molecule has 1 saturated heterocycles. The minimum atomic E-state index is -3.59. The molecule has 0 bridgehead atoms. The second-order valence-electron chi connectivity index (χ2n) is 6.00. The van der Waals surface area contributed by atoms with Gasteiger partial charge in [0.05, 0.1) is 23.8 Å². The maximum Gasteiger partial charge on any atom is 0.261 e. The van der Waals surface area contributed by atoms with Crippen LogP contribution in [0.5, 0.6) is 0 Å². The van der Waals surface area contributed by atoms with Crippen LogP contribution in [0.2, 0.25) is 0 Å². The van der Waals surface area contributed by atoms with E-state index in [4.69, 9.17) is 4.74 Å². The molecular formula is C18H22N2O3S. The van der Waals surface area contributed by atoms with Gasteiger partial charge in [-0.05, 0) is 55.3 Å². The summed E-state index contributed by atoms with van der Waals surface area (Å²) >= 11 is 0. The highest BCUT2D eigenvalue weighted by molar-refractivity contribution is 7.92. The van der Waals surface area contributed by atoms with Crippen LogP contribution in [0.4, 0.5) is 11.4 Å². The zero-order valence-electron chi connectivity index (χ0n) is 14.0. The van der Waals surface area contributed by atoms with Crippen LogP contribution in [0.1, 0.15) is 11.1 Å². The highest BCUT2D eigenvalue weighted by Gasteiger charge is 2.16. The Labute approximate surface area is 143 Å². The lowest BCUT2D eigenvalue weighted by Crippen LogP contribution is -2.36. The number of benzene rings is 2. The number of nitrogens with zero attached hydrogens (tertiary/aromatic N) is 1. The summed E-state index contributed by atoms with van der Waals surface area (Å²) in [5.74, 6) is 0. The van der Waals surface area contributed by atoms with E-state index in [1.165, 1.54) is 0 Å². The Morgan fingerprint density at radius 3 is 2.46 bits per heavy atom. The van der Waals surface area contributed by atoms with Crippen LogP contribution in [-0.2, 0) is 14.8 Å². The normalized spacial score (nSPS) is 15.3. The standard InChI is InChI=1S/C18H22N2O3S/c1-14-6-7-18(12-15(14)2)24(21,22)19-16-4-3-5-17(13-16)20-8-10-23-11-9-20/h3-7,12-13,19H,8-11H2,1-2H3. The van der Waals surface area contributed by atoms with Crippen LogP contribution in [0, 0.1) is 13.8 Å². The number of hydrogen-bond donors (Lipinski definition) is 1. The summed E-state index contributed by atoms with van der Waals surface area (Å²) in [4.78, 5) is 2.47. The van der Waals surface area contributed by atoms with E-state index in [1.54, 1.807) is 18.2 Å². The van der Waals surface area contributed by atoms with E-state index < -0.39 is 10.0 Å². The molecule has 1 aliphatic heterocycles. The number of aryl methyl sites for hydroxylation is 2. The van der Waals surface area contributed by atoms with Crippen LogP contribution in [0.3, 0.4) is 0 Å². The van der Waals surface area contributed by atoms with Gasteiger partial charge in [-0.3, -0.25) is 4.72 Å². The van der Waals surface area contributed by atoms with Gasteiger partial charge in [0.2, 0.25) is 0 Å². The van der Waals surface area contributed by atoms with Crippen molar-refractivity contribution < 1.29 is 13.2 Å². The maximum atomic E-state index is 12.6. The minimum Gasteiger partial charge on any atom is -0.378 e. The molecule has 1 heterocycles. The van der Waals surface area contributed by atoms with E-state index in [1.807, 2.05) is 38.1 Å². The van der Waals surface area contributed by atoms with Crippen molar-refractivity contribution >= 4 is 21.4 Å². The van der Waals surface area contributed by atoms with E-state index in [9.17, 15) is 8.42 Å². The Balaban J connectivity index is 1.83. The van der Waals surface area contributed by atoms with Crippen molar-refractivity contribution in [3.05, 3.63) is 53.6 Å². The predicted molar refractivity (Wildman–Crippen MR) is 96.2 cm³/mol. The summed E-state index contributed by atoms with van der Waals surface area (Å²) in [5, 5.41) is 0. The number of anilines is 2. The quantitative estimate of drug-likeness (QED) is 0.925. The third kappa shape index (κ3) is 3.71. The summed E-state index contributed by atoms with van der Waals surface area (Å²) < 4.78 is 33.2. The monoisotopic (exact) mass is 346 g/mol. The highest BCUT2D eigenvalue weighted by atomic mass is 32.2. The molecule has 0 amide bonds. The summed E-state index contributed by atoms with van der Waals surface area (Å²) in [6.07, 6.45) is 0. The molecule has 6 heteroatoms. The first-order valence-electron chi connectivity index (χ1n) is 7.98. The number of sulfonamides is 1. The number of ether oxygens (including phenoxy) is 1. The van der Waals surface area contributed by atoms with Crippen molar-refractivity contribution in [2.75, 3.05) is 35.9 Å². The van der Waals surface area contributed by atoms with Gasteiger partial charge in [0, 0.05) is 18.8 Å². The van der Waals surface area contributed by atoms with E-state index >= 15 is 0 Å². The molecule has 0 aromatic heterocycles. The van der Waals surface area contributed by atoms with Crippen molar-refractivity contribution in [1.29, 1.82) is 0 Å². The fourth-order valence-electron chi connectivity index (χ4n) is 2.68. The average molecular weight is 346 g/mol. The average Bonchev–Trinajstić information content (AvgIpc) is 2.58. The Morgan fingerprint density at radius 1 is 1.00 bits per heavy atom. The molecule has 1 aliphatic rings. The van der Waals surface area contributed by atoms with Gasteiger partial charge in [0.15, 0.2) is 0 Å².